The molecule has 0 radical (unpaired) electrons. The highest BCUT2D eigenvalue weighted by atomic mass is 16.1. The average Bonchev–Trinajstić information content (AvgIpc) is 2.81. The summed E-state index contributed by atoms with van der Waals surface area (Å²) in [6.45, 7) is 6.30. The van der Waals surface area contributed by atoms with Crippen LogP contribution in [0.25, 0.3) is 0 Å². The first kappa shape index (κ1) is 13.0. The Morgan fingerprint density at radius 2 is 2.41 bits per heavy atom. The lowest BCUT2D eigenvalue weighted by atomic mass is 10.2. The standard InChI is InChI=1S/C13H17N3O/c1-4-6-7-11(5-2)10-16-9-8-12(15-16)13(17)14-3/h4-9H,2,10H2,1,3H3,(H,14,17)/b6-4-,11-7+. The van der Waals surface area contributed by atoms with Gasteiger partial charge in [-0.25, -0.2) is 0 Å². The maximum absolute atomic E-state index is 11.3. The molecule has 0 atom stereocenters. The van der Waals surface area contributed by atoms with Crippen molar-refractivity contribution in [3.05, 3.63) is 54.4 Å². The van der Waals surface area contributed by atoms with E-state index in [1.165, 1.54) is 0 Å². The molecular weight excluding hydrogens is 214 g/mol. The third-order valence-corrected chi connectivity index (χ3v) is 2.21. The van der Waals surface area contributed by atoms with E-state index in [1.54, 1.807) is 30.1 Å². The number of nitrogens with zero attached hydrogens (tertiary/aromatic N) is 2. The molecule has 0 aliphatic heterocycles. The van der Waals surface area contributed by atoms with Gasteiger partial charge in [0, 0.05) is 13.2 Å². The number of aromatic nitrogens is 2. The second kappa shape index (κ2) is 6.48. The van der Waals surface area contributed by atoms with E-state index in [0.717, 1.165) is 5.57 Å². The Morgan fingerprint density at radius 1 is 1.65 bits per heavy atom. The maximum Gasteiger partial charge on any atom is 0.271 e. The topological polar surface area (TPSA) is 46.9 Å². The van der Waals surface area contributed by atoms with Crippen molar-refractivity contribution in [1.82, 2.24) is 15.1 Å². The van der Waals surface area contributed by atoms with Gasteiger partial charge in [-0.05, 0) is 18.6 Å². The monoisotopic (exact) mass is 231 g/mol. The molecule has 1 N–H and O–H groups in total. The van der Waals surface area contributed by atoms with Crippen LogP contribution in [0.5, 0.6) is 0 Å². The minimum atomic E-state index is -0.179. The fourth-order valence-electron chi connectivity index (χ4n) is 1.29. The number of hydrogen-bond acceptors (Lipinski definition) is 2. The second-order valence-electron chi connectivity index (χ2n) is 3.45. The fourth-order valence-corrected chi connectivity index (χ4v) is 1.29. The molecule has 0 saturated heterocycles. The highest BCUT2D eigenvalue weighted by Gasteiger charge is 2.06. The minimum Gasteiger partial charge on any atom is -0.354 e. The van der Waals surface area contributed by atoms with Crippen LogP contribution in [0, 0.1) is 0 Å². The van der Waals surface area contributed by atoms with Gasteiger partial charge in [0.15, 0.2) is 0 Å². The smallest absolute Gasteiger partial charge is 0.271 e. The van der Waals surface area contributed by atoms with Gasteiger partial charge in [-0.3, -0.25) is 9.48 Å². The van der Waals surface area contributed by atoms with E-state index in [9.17, 15) is 4.79 Å². The molecule has 0 aliphatic rings. The molecule has 17 heavy (non-hydrogen) atoms. The molecule has 1 aromatic rings. The van der Waals surface area contributed by atoms with Crippen molar-refractivity contribution < 1.29 is 4.79 Å². The summed E-state index contributed by atoms with van der Waals surface area (Å²) in [5.74, 6) is -0.179. The van der Waals surface area contributed by atoms with E-state index in [1.807, 2.05) is 25.2 Å². The molecule has 0 aromatic carbocycles. The van der Waals surface area contributed by atoms with E-state index in [0.29, 0.717) is 12.2 Å². The number of nitrogens with one attached hydrogen (secondary N) is 1. The number of amides is 1. The van der Waals surface area contributed by atoms with Crippen molar-refractivity contribution in [2.75, 3.05) is 7.05 Å². The van der Waals surface area contributed by atoms with Crippen molar-refractivity contribution in [3.8, 4) is 0 Å². The Labute approximate surface area is 101 Å². The zero-order valence-corrected chi connectivity index (χ0v) is 10.2. The summed E-state index contributed by atoms with van der Waals surface area (Å²) in [4.78, 5) is 11.3. The summed E-state index contributed by atoms with van der Waals surface area (Å²) >= 11 is 0. The Morgan fingerprint density at radius 3 is 3.00 bits per heavy atom. The van der Waals surface area contributed by atoms with Crippen LogP contribution in [0.1, 0.15) is 17.4 Å². The summed E-state index contributed by atoms with van der Waals surface area (Å²) in [5, 5.41) is 6.70. The minimum absolute atomic E-state index is 0.179. The summed E-state index contributed by atoms with van der Waals surface area (Å²) in [5.41, 5.74) is 1.46. The second-order valence-corrected chi connectivity index (χ2v) is 3.45. The van der Waals surface area contributed by atoms with Crippen LogP contribution in [-0.2, 0) is 6.54 Å². The first-order valence-corrected chi connectivity index (χ1v) is 5.41. The van der Waals surface area contributed by atoms with E-state index >= 15 is 0 Å². The third-order valence-electron chi connectivity index (χ3n) is 2.21. The van der Waals surface area contributed by atoms with Gasteiger partial charge in [-0.1, -0.05) is 30.9 Å². The van der Waals surface area contributed by atoms with E-state index < -0.39 is 0 Å². The van der Waals surface area contributed by atoms with Crippen LogP contribution in [0.4, 0.5) is 0 Å². The van der Waals surface area contributed by atoms with Gasteiger partial charge in [0.1, 0.15) is 5.69 Å². The average molecular weight is 231 g/mol. The molecule has 0 spiro atoms. The number of hydrogen-bond donors (Lipinski definition) is 1. The van der Waals surface area contributed by atoms with E-state index in [2.05, 4.69) is 17.0 Å². The molecule has 0 saturated carbocycles. The van der Waals surface area contributed by atoms with Crippen molar-refractivity contribution >= 4 is 5.91 Å². The van der Waals surface area contributed by atoms with Crippen LogP contribution in [-0.4, -0.2) is 22.7 Å². The van der Waals surface area contributed by atoms with Crippen LogP contribution >= 0.6 is 0 Å². The number of carbonyl (C=O) groups is 1. The fraction of sp³-hybridized carbons (Fsp3) is 0.231. The lowest BCUT2D eigenvalue weighted by molar-refractivity contribution is 0.0957. The van der Waals surface area contributed by atoms with Gasteiger partial charge in [0.2, 0.25) is 0 Å². The van der Waals surface area contributed by atoms with Crippen LogP contribution in [0.15, 0.2) is 48.7 Å². The zero-order valence-electron chi connectivity index (χ0n) is 10.2. The Kier molecular flexibility index (Phi) is 4.94. The quantitative estimate of drug-likeness (QED) is 0.787. The SMILES string of the molecule is C=C/C(=C\C=C/C)Cn1ccc(C(=O)NC)n1. The maximum atomic E-state index is 11.3. The first-order chi connectivity index (χ1) is 8.21. The molecule has 0 bridgehead atoms. The van der Waals surface area contributed by atoms with Gasteiger partial charge >= 0.3 is 0 Å². The normalized spacial score (nSPS) is 11.8. The highest BCUT2D eigenvalue weighted by molar-refractivity contribution is 5.91. The van der Waals surface area contributed by atoms with Gasteiger partial charge in [-0.15, -0.1) is 0 Å². The van der Waals surface area contributed by atoms with Crippen LogP contribution in [0.2, 0.25) is 0 Å². The number of allylic oxidation sites excluding steroid dienone is 5. The van der Waals surface area contributed by atoms with Gasteiger partial charge in [0.25, 0.3) is 5.91 Å². The molecule has 1 heterocycles. The van der Waals surface area contributed by atoms with Crippen molar-refractivity contribution in [2.24, 2.45) is 0 Å². The predicted octanol–water partition coefficient (Wildman–Crippen LogP) is 1.93. The zero-order chi connectivity index (χ0) is 12.7. The molecule has 90 valence electrons. The molecule has 4 heteroatoms. The predicted molar refractivity (Wildman–Crippen MR) is 68.7 cm³/mol. The van der Waals surface area contributed by atoms with E-state index in [-0.39, 0.29) is 5.91 Å². The Hall–Kier alpha value is -2.10. The Balaban J connectivity index is 2.77. The lowest BCUT2D eigenvalue weighted by Crippen LogP contribution is -2.18. The molecule has 1 rings (SSSR count). The highest BCUT2D eigenvalue weighted by Crippen LogP contribution is 2.03. The van der Waals surface area contributed by atoms with E-state index in [4.69, 9.17) is 0 Å². The van der Waals surface area contributed by atoms with Gasteiger partial charge in [-0.2, -0.15) is 5.10 Å². The largest absolute Gasteiger partial charge is 0.354 e. The molecule has 4 nitrogen and oxygen atoms in total. The van der Waals surface area contributed by atoms with Crippen molar-refractivity contribution in [3.63, 3.8) is 0 Å². The Bertz CT molecular complexity index is 455. The molecule has 0 unspecified atom stereocenters. The molecule has 0 aliphatic carbocycles. The first-order valence-electron chi connectivity index (χ1n) is 5.41. The molecule has 1 aromatic heterocycles. The lowest BCUT2D eigenvalue weighted by Gasteiger charge is -2.01. The van der Waals surface area contributed by atoms with Gasteiger partial charge < -0.3 is 5.32 Å². The molecular formula is C13H17N3O. The van der Waals surface area contributed by atoms with Crippen LogP contribution < -0.4 is 5.32 Å². The third kappa shape index (κ3) is 3.75. The van der Waals surface area contributed by atoms with Gasteiger partial charge in [0.05, 0.1) is 6.54 Å². The summed E-state index contributed by atoms with van der Waals surface area (Å²) in [7, 11) is 1.59. The van der Waals surface area contributed by atoms with Crippen LogP contribution in [0.3, 0.4) is 0 Å². The van der Waals surface area contributed by atoms with Crippen molar-refractivity contribution in [2.45, 2.75) is 13.5 Å². The number of carbonyl (C=O) groups excluding carboxylic acids is 1. The number of rotatable bonds is 5. The summed E-state index contributed by atoms with van der Waals surface area (Å²) < 4.78 is 1.71. The molecule has 1 amide bonds. The summed E-state index contributed by atoms with van der Waals surface area (Å²) in [6.07, 6.45) is 9.41. The molecule has 0 fully saturated rings. The summed E-state index contributed by atoms with van der Waals surface area (Å²) in [6, 6.07) is 1.69. The van der Waals surface area contributed by atoms with Crippen molar-refractivity contribution in [1.29, 1.82) is 0 Å².